The number of hydrogen-bond acceptors (Lipinski definition) is 3. The molecule has 0 radical (unpaired) electrons. The average Bonchev–Trinajstić information content (AvgIpc) is 3.06. The van der Waals surface area contributed by atoms with E-state index < -0.39 is 0 Å². The monoisotopic (exact) mass is 307 g/mol. The van der Waals surface area contributed by atoms with Crippen LogP contribution in [-0.4, -0.2) is 19.3 Å². The summed E-state index contributed by atoms with van der Waals surface area (Å²) in [5.41, 5.74) is 0.893. The van der Waals surface area contributed by atoms with Crippen molar-refractivity contribution in [3.63, 3.8) is 0 Å². The third kappa shape index (κ3) is 3.10. The predicted octanol–water partition coefficient (Wildman–Crippen LogP) is 4.55. The van der Waals surface area contributed by atoms with E-state index in [9.17, 15) is 0 Å². The van der Waals surface area contributed by atoms with Crippen LogP contribution in [0.2, 0.25) is 5.02 Å². The summed E-state index contributed by atoms with van der Waals surface area (Å²) in [6.45, 7) is 6.14. The highest BCUT2D eigenvalue weighted by Crippen LogP contribution is 2.36. The Kier molecular flexibility index (Phi) is 4.53. The van der Waals surface area contributed by atoms with Crippen LogP contribution in [0.5, 0.6) is 0 Å². The van der Waals surface area contributed by atoms with Gasteiger partial charge in [0, 0.05) is 22.9 Å². The third-order valence-electron chi connectivity index (χ3n) is 4.28. The van der Waals surface area contributed by atoms with Gasteiger partial charge in [0.25, 0.3) is 0 Å². The smallest absolute Gasteiger partial charge is 0.134 e. The standard InChI is InChI=1S/C17H22ClNO2/c1-3-7-19-17(14-6-8-20-11(14)2)16-10-12-9-13(18)4-5-15(12)21-16/h4-5,9-11,14,17,19H,3,6-8H2,1-2H3. The normalized spacial score (nSPS) is 23.8. The molecule has 1 aliphatic heterocycles. The SMILES string of the molecule is CCCNC(c1cc2cc(Cl)ccc2o1)C1CCOC1C. The highest BCUT2D eigenvalue weighted by molar-refractivity contribution is 6.31. The summed E-state index contributed by atoms with van der Waals surface area (Å²) in [5, 5.41) is 5.43. The lowest BCUT2D eigenvalue weighted by atomic mass is 9.91. The third-order valence-corrected chi connectivity index (χ3v) is 4.52. The maximum atomic E-state index is 6.07. The van der Waals surface area contributed by atoms with Crippen LogP contribution in [0.1, 0.15) is 38.5 Å². The molecule has 1 aromatic carbocycles. The van der Waals surface area contributed by atoms with Crippen molar-refractivity contribution in [2.45, 2.75) is 38.8 Å². The topological polar surface area (TPSA) is 34.4 Å². The first-order valence-corrected chi connectivity index (χ1v) is 8.11. The van der Waals surface area contributed by atoms with E-state index in [-0.39, 0.29) is 12.1 Å². The number of nitrogens with one attached hydrogen (secondary N) is 1. The molecule has 21 heavy (non-hydrogen) atoms. The van der Waals surface area contributed by atoms with E-state index in [0.717, 1.165) is 47.7 Å². The molecule has 3 rings (SSSR count). The Balaban J connectivity index is 1.93. The molecule has 1 N–H and O–H groups in total. The van der Waals surface area contributed by atoms with Gasteiger partial charge in [-0.15, -0.1) is 0 Å². The Hall–Kier alpha value is -1.03. The van der Waals surface area contributed by atoms with Gasteiger partial charge in [0.1, 0.15) is 11.3 Å². The first kappa shape index (κ1) is 14.9. The quantitative estimate of drug-likeness (QED) is 0.880. The molecule has 0 amide bonds. The number of fused-ring (bicyclic) bond motifs is 1. The lowest BCUT2D eigenvalue weighted by molar-refractivity contribution is 0.0927. The number of halogens is 1. The van der Waals surface area contributed by atoms with Crippen molar-refractivity contribution in [3.8, 4) is 0 Å². The molecule has 114 valence electrons. The summed E-state index contributed by atoms with van der Waals surface area (Å²) >= 11 is 6.06. The second-order valence-corrected chi connectivity index (χ2v) is 6.23. The number of ether oxygens (including phenoxy) is 1. The van der Waals surface area contributed by atoms with Crippen molar-refractivity contribution in [1.29, 1.82) is 0 Å². The van der Waals surface area contributed by atoms with E-state index in [0.29, 0.717) is 5.92 Å². The molecule has 1 aliphatic rings. The van der Waals surface area contributed by atoms with Crippen molar-refractivity contribution >= 4 is 22.6 Å². The van der Waals surface area contributed by atoms with Gasteiger partial charge in [-0.25, -0.2) is 0 Å². The minimum atomic E-state index is 0.202. The highest BCUT2D eigenvalue weighted by Gasteiger charge is 2.34. The molecule has 1 fully saturated rings. The Bertz CT molecular complexity index is 610. The number of benzene rings is 1. The number of hydrogen-bond donors (Lipinski definition) is 1. The van der Waals surface area contributed by atoms with Crippen LogP contribution in [0.3, 0.4) is 0 Å². The van der Waals surface area contributed by atoms with Crippen molar-refractivity contribution in [2.75, 3.05) is 13.2 Å². The lowest BCUT2D eigenvalue weighted by Crippen LogP contribution is -2.32. The van der Waals surface area contributed by atoms with Crippen molar-refractivity contribution in [1.82, 2.24) is 5.32 Å². The molecule has 0 saturated carbocycles. The van der Waals surface area contributed by atoms with Crippen LogP contribution in [0.25, 0.3) is 11.0 Å². The van der Waals surface area contributed by atoms with Crippen molar-refractivity contribution in [3.05, 3.63) is 35.0 Å². The maximum Gasteiger partial charge on any atom is 0.134 e. The molecule has 0 aliphatic carbocycles. The van der Waals surface area contributed by atoms with Gasteiger partial charge in [0.15, 0.2) is 0 Å². The first-order chi connectivity index (χ1) is 10.2. The molecule has 3 unspecified atom stereocenters. The minimum Gasteiger partial charge on any atom is -0.459 e. The molecule has 1 aromatic heterocycles. The molecule has 0 spiro atoms. The number of furan rings is 1. The van der Waals surface area contributed by atoms with Crippen molar-refractivity contribution in [2.24, 2.45) is 5.92 Å². The van der Waals surface area contributed by atoms with Gasteiger partial charge in [-0.05, 0) is 50.6 Å². The van der Waals surface area contributed by atoms with E-state index in [4.69, 9.17) is 20.8 Å². The molecule has 2 aromatic rings. The van der Waals surface area contributed by atoms with Gasteiger partial charge in [-0.3, -0.25) is 0 Å². The van der Waals surface area contributed by atoms with E-state index in [1.807, 2.05) is 18.2 Å². The Morgan fingerprint density at radius 2 is 2.24 bits per heavy atom. The summed E-state index contributed by atoms with van der Waals surface area (Å²) in [7, 11) is 0. The highest BCUT2D eigenvalue weighted by atomic mass is 35.5. The average molecular weight is 308 g/mol. The number of rotatable bonds is 5. The van der Waals surface area contributed by atoms with E-state index in [2.05, 4.69) is 25.2 Å². The van der Waals surface area contributed by atoms with Gasteiger partial charge in [0.05, 0.1) is 12.1 Å². The Morgan fingerprint density at radius 1 is 1.38 bits per heavy atom. The van der Waals surface area contributed by atoms with Gasteiger partial charge < -0.3 is 14.5 Å². The molecule has 3 atom stereocenters. The van der Waals surface area contributed by atoms with Crippen LogP contribution in [0, 0.1) is 5.92 Å². The summed E-state index contributed by atoms with van der Waals surface area (Å²) in [6, 6.07) is 8.07. The predicted molar refractivity (Wildman–Crippen MR) is 85.8 cm³/mol. The van der Waals surface area contributed by atoms with Crippen LogP contribution in [-0.2, 0) is 4.74 Å². The van der Waals surface area contributed by atoms with E-state index in [1.165, 1.54) is 0 Å². The molecular formula is C17H22ClNO2. The largest absolute Gasteiger partial charge is 0.459 e. The second-order valence-electron chi connectivity index (χ2n) is 5.79. The van der Waals surface area contributed by atoms with Crippen LogP contribution in [0.15, 0.2) is 28.7 Å². The zero-order chi connectivity index (χ0) is 14.8. The maximum absolute atomic E-state index is 6.07. The summed E-state index contributed by atoms with van der Waals surface area (Å²) in [6.07, 6.45) is 2.43. The van der Waals surface area contributed by atoms with Gasteiger partial charge >= 0.3 is 0 Å². The molecular weight excluding hydrogens is 286 g/mol. The van der Waals surface area contributed by atoms with Gasteiger partial charge in [-0.1, -0.05) is 18.5 Å². The minimum absolute atomic E-state index is 0.202. The first-order valence-electron chi connectivity index (χ1n) is 7.73. The zero-order valence-corrected chi connectivity index (χ0v) is 13.3. The van der Waals surface area contributed by atoms with Gasteiger partial charge in [0.2, 0.25) is 0 Å². The molecule has 0 bridgehead atoms. The van der Waals surface area contributed by atoms with Crippen molar-refractivity contribution < 1.29 is 9.15 Å². The summed E-state index contributed by atoms with van der Waals surface area (Å²) in [4.78, 5) is 0. The van der Waals surface area contributed by atoms with Gasteiger partial charge in [-0.2, -0.15) is 0 Å². The van der Waals surface area contributed by atoms with Crippen LogP contribution in [0.4, 0.5) is 0 Å². The Morgan fingerprint density at radius 3 is 2.95 bits per heavy atom. The van der Waals surface area contributed by atoms with E-state index >= 15 is 0 Å². The van der Waals surface area contributed by atoms with Crippen LogP contribution >= 0.6 is 11.6 Å². The fraction of sp³-hybridized carbons (Fsp3) is 0.529. The molecule has 3 nitrogen and oxygen atoms in total. The summed E-state index contributed by atoms with van der Waals surface area (Å²) < 4.78 is 11.8. The molecule has 1 saturated heterocycles. The zero-order valence-electron chi connectivity index (χ0n) is 12.6. The fourth-order valence-corrected chi connectivity index (χ4v) is 3.32. The molecule has 2 heterocycles. The fourth-order valence-electron chi connectivity index (χ4n) is 3.14. The van der Waals surface area contributed by atoms with E-state index in [1.54, 1.807) is 0 Å². The second kappa shape index (κ2) is 6.39. The van der Waals surface area contributed by atoms with Crippen LogP contribution < -0.4 is 5.32 Å². The molecule has 4 heteroatoms. The lowest BCUT2D eigenvalue weighted by Gasteiger charge is -2.25. The summed E-state index contributed by atoms with van der Waals surface area (Å²) in [5.74, 6) is 1.44. The Labute approximate surface area is 130 Å².